The number of esters is 1. The molecule has 0 radical (unpaired) electrons. The van der Waals surface area contributed by atoms with Gasteiger partial charge in [-0.1, -0.05) is 23.7 Å². The predicted octanol–water partition coefficient (Wildman–Crippen LogP) is 3.16. The van der Waals surface area contributed by atoms with Gasteiger partial charge in [0.1, 0.15) is 5.75 Å². The van der Waals surface area contributed by atoms with Crippen LogP contribution in [0.4, 0.5) is 5.69 Å². The van der Waals surface area contributed by atoms with Gasteiger partial charge in [0.05, 0.1) is 22.3 Å². The van der Waals surface area contributed by atoms with Crippen LogP contribution in [-0.2, 0) is 14.3 Å². The number of carbonyl (C=O) groups excluding carboxylic acids is 2. The van der Waals surface area contributed by atoms with E-state index in [2.05, 4.69) is 5.32 Å². The molecule has 2 aromatic rings. The van der Waals surface area contributed by atoms with Crippen molar-refractivity contribution < 1.29 is 19.1 Å². The summed E-state index contributed by atoms with van der Waals surface area (Å²) in [6.45, 7) is 1.10. The quantitative estimate of drug-likeness (QED) is 0.801. The van der Waals surface area contributed by atoms with Crippen molar-refractivity contribution in [3.05, 3.63) is 59.1 Å². The molecule has 0 fully saturated rings. The lowest BCUT2D eigenvalue weighted by Gasteiger charge is -2.14. The van der Waals surface area contributed by atoms with Crippen LogP contribution in [-0.4, -0.2) is 24.6 Å². The highest BCUT2D eigenvalue weighted by molar-refractivity contribution is 6.33. The second kappa shape index (κ2) is 8.71. The van der Waals surface area contributed by atoms with Crippen molar-refractivity contribution in [1.29, 1.82) is 5.26 Å². The van der Waals surface area contributed by atoms with Gasteiger partial charge in [-0.3, -0.25) is 4.79 Å². The molecule has 0 bridgehead atoms. The van der Waals surface area contributed by atoms with Gasteiger partial charge in [0.25, 0.3) is 5.91 Å². The third-order valence-corrected chi connectivity index (χ3v) is 3.48. The molecule has 1 N–H and O–H groups in total. The highest BCUT2D eigenvalue weighted by Crippen LogP contribution is 2.20. The first-order valence-corrected chi connectivity index (χ1v) is 7.75. The fraction of sp³-hybridized carbons (Fsp3) is 0.167. The third-order valence-electron chi connectivity index (χ3n) is 3.15. The number of para-hydroxylation sites is 1. The Bertz CT molecular complexity index is 799. The normalized spacial score (nSPS) is 11.1. The van der Waals surface area contributed by atoms with Crippen molar-refractivity contribution in [3.63, 3.8) is 0 Å². The van der Waals surface area contributed by atoms with Gasteiger partial charge in [-0.05, 0) is 43.3 Å². The van der Waals surface area contributed by atoms with Gasteiger partial charge in [-0.15, -0.1) is 0 Å². The second-order valence-corrected chi connectivity index (χ2v) is 5.43. The number of halogens is 1. The maximum Gasteiger partial charge on any atom is 0.344 e. The number of hydrogen-bond acceptors (Lipinski definition) is 5. The van der Waals surface area contributed by atoms with E-state index in [4.69, 9.17) is 26.3 Å². The molecule has 1 amide bonds. The van der Waals surface area contributed by atoms with Crippen LogP contribution in [0.2, 0.25) is 5.02 Å². The van der Waals surface area contributed by atoms with Crippen LogP contribution in [0.1, 0.15) is 12.5 Å². The van der Waals surface area contributed by atoms with Gasteiger partial charge >= 0.3 is 5.97 Å². The second-order valence-electron chi connectivity index (χ2n) is 5.03. The van der Waals surface area contributed by atoms with E-state index in [1.807, 2.05) is 6.07 Å². The number of anilines is 1. The van der Waals surface area contributed by atoms with Gasteiger partial charge in [-0.25, -0.2) is 4.79 Å². The van der Waals surface area contributed by atoms with Crippen molar-refractivity contribution in [3.8, 4) is 11.8 Å². The molecule has 0 aliphatic carbocycles. The highest BCUT2D eigenvalue weighted by atomic mass is 35.5. The van der Waals surface area contributed by atoms with E-state index in [-0.39, 0.29) is 6.61 Å². The van der Waals surface area contributed by atoms with Gasteiger partial charge < -0.3 is 14.8 Å². The molecule has 7 heteroatoms. The molecule has 25 heavy (non-hydrogen) atoms. The fourth-order valence-corrected chi connectivity index (χ4v) is 2.03. The van der Waals surface area contributed by atoms with Crippen LogP contribution in [0, 0.1) is 11.3 Å². The minimum absolute atomic E-state index is 0.352. The summed E-state index contributed by atoms with van der Waals surface area (Å²) < 4.78 is 10.3. The van der Waals surface area contributed by atoms with Gasteiger partial charge in [0, 0.05) is 0 Å². The standard InChI is InChI=1S/C18H15ClN2O4/c1-12(18(23)21-16-5-3-2-4-15(16)19)25-17(22)11-24-14-8-6-13(10-20)7-9-14/h2-9,12H,11H2,1H3,(H,21,23). The Labute approximate surface area is 149 Å². The van der Waals surface area contributed by atoms with Gasteiger partial charge in [0.15, 0.2) is 12.7 Å². The zero-order valence-electron chi connectivity index (χ0n) is 13.4. The minimum Gasteiger partial charge on any atom is -0.482 e. The third kappa shape index (κ3) is 5.52. The summed E-state index contributed by atoms with van der Waals surface area (Å²) in [7, 11) is 0. The Balaban J connectivity index is 1.81. The number of nitriles is 1. The van der Waals surface area contributed by atoms with Crippen molar-refractivity contribution in [1.82, 2.24) is 0 Å². The minimum atomic E-state index is -1.01. The number of carbonyl (C=O) groups is 2. The SMILES string of the molecule is CC(OC(=O)COc1ccc(C#N)cc1)C(=O)Nc1ccccc1Cl. The highest BCUT2D eigenvalue weighted by Gasteiger charge is 2.19. The fourth-order valence-electron chi connectivity index (χ4n) is 1.85. The van der Waals surface area contributed by atoms with E-state index in [1.165, 1.54) is 6.92 Å². The molecule has 0 saturated carbocycles. The molecule has 0 aromatic heterocycles. The molecule has 0 spiro atoms. The molecular formula is C18H15ClN2O4. The van der Waals surface area contributed by atoms with Crippen LogP contribution in [0.3, 0.4) is 0 Å². The predicted molar refractivity (Wildman–Crippen MR) is 92.3 cm³/mol. The van der Waals surface area contributed by atoms with E-state index in [1.54, 1.807) is 48.5 Å². The molecule has 0 heterocycles. The molecule has 0 aliphatic rings. The first-order valence-electron chi connectivity index (χ1n) is 7.37. The summed E-state index contributed by atoms with van der Waals surface area (Å²) in [5.74, 6) is -0.768. The van der Waals surface area contributed by atoms with E-state index in [0.29, 0.717) is 22.0 Å². The maximum absolute atomic E-state index is 12.0. The molecule has 6 nitrogen and oxygen atoms in total. The smallest absolute Gasteiger partial charge is 0.344 e. The molecule has 0 saturated heterocycles. The Hall–Kier alpha value is -3.04. The largest absolute Gasteiger partial charge is 0.482 e. The topological polar surface area (TPSA) is 88.4 Å². The van der Waals surface area contributed by atoms with E-state index in [0.717, 1.165) is 0 Å². The molecule has 1 unspecified atom stereocenters. The molecule has 0 aliphatic heterocycles. The number of nitrogens with one attached hydrogen (secondary N) is 1. The molecule has 2 rings (SSSR count). The Kier molecular flexibility index (Phi) is 6.38. The first kappa shape index (κ1) is 18.3. The first-order chi connectivity index (χ1) is 12.0. The Morgan fingerprint density at radius 1 is 1.20 bits per heavy atom. The lowest BCUT2D eigenvalue weighted by Crippen LogP contribution is -2.31. The summed E-state index contributed by atoms with van der Waals surface area (Å²) in [4.78, 5) is 23.8. The van der Waals surface area contributed by atoms with Crippen molar-refractivity contribution in [2.24, 2.45) is 0 Å². The number of rotatable bonds is 6. The van der Waals surface area contributed by atoms with Crippen LogP contribution in [0.25, 0.3) is 0 Å². The molecule has 128 valence electrons. The van der Waals surface area contributed by atoms with E-state index in [9.17, 15) is 9.59 Å². The van der Waals surface area contributed by atoms with E-state index < -0.39 is 18.0 Å². The number of ether oxygens (including phenoxy) is 2. The number of benzene rings is 2. The van der Waals surface area contributed by atoms with E-state index >= 15 is 0 Å². The van der Waals surface area contributed by atoms with Gasteiger partial charge in [0.2, 0.25) is 0 Å². The summed E-state index contributed by atoms with van der Waals surface area (Å²) in [5, 5.41) is 11.7. The summed E-state index contributed by atoms with van der Waals surface area (Å²) in [6, 6.07) is 15.0. The number of hydrogen-bond donors (Lipinski definition) is 1. The van der Waals surface area contributed by atoms with Crippen LogP contribution < -0.4 is 10.1 Å². The lowest BCUT2D eigenvalue weighted by atomic mass is 10.2. The lowest BCUT2D eigenvalue weighted by molar-refractivity contribution is -0.155. The van der Waals surface area contributed by atoms with Crippen LogP contribution in [0.15, 0.2) is 48.5 Å². The van der Waals surface area contributed by atoms with Crippen LogP contribution >= 0.6 is 11.6 Å². The molecule has 2 aromatic carbocycles. The summed E-state index contributed by atoms with van der Waals surface area (Å²) >= 11 is 5.96. The Morgan fingerprint density at radius 3 is 2.52 bits per heavy atom. The number of amides is 1. The van der Waals surface area contributed by atoms with Crippen molar-refractivity contribution in [2.45, 2.75) is 13.0 Å². The molecule has 1 atom stereocenters. The zero-order valence-corrected chi connectivity index (χ0v) is 14.1. The van der Waals surface area contributed by atoms with Gasteiger partial charge in [-0.2, -0.15) is 5.26 Å². The summed E-state index contributed by atoms with van der Waals surface area (Å²) in [6.07, 6.45) is -1.01. The Morgan fingerprint density at radius 2 is 1.88 bits per heavy atom. The number of nitrogens with zero attached hydrogens (tertiary/aromatic N) is 1. The average Bonchev–Trinajstić information content (AvgIpc) is 2.62. The maximum atomic E-state index is 12.0. The van der Waals surface area contributed by atoms with Crippen LogP contribution in [0.5, 0.6) is 5.75 Å². The monoisotopic (exact) mass is 358 g/mol. The average molecular weight is 359 g/mol. The molecular weight excluding hydrogens is 344 g/mol. The summed E-state index contributed by atoms with van der Waals surface area (Å²) in [5.41, 5.74) is 0.922. The van der Waals surface area contributed by atoms with Crippen molar-refractivity contribution >= 4 is 29.2 Å². The van der Waals surface area contributed by atoms with Crippen molar-refractivity contribution in [2.75, 3.05) is 11.9 Å². The zero-order chi connectivity index (χ0) is 18.2.